The monoisotopic (exact) mass is 1250 g/mol. The Kier molecular flexibility index (Phi) is 14.1. The van der Waals surface area contributed by atoms with Crippen molar-refractivity contribution in [3.8, 4) is 91.1 Å². The molecule has 0 saturated heterocycles. The van der Waals surface area contributed by atoms with Gasteiger partial charge in [-0.2, -0.15) is 0 Å². The molecule has 0 fully saturated rings. The predicted octanol–water partition coefficient (Wildman–Crippen LogP) is 14.2. The van der Waals surface area contributed by atoms with Crippen molar-refractivity contribution in [1.29, 1.82) is 0 Å². The number of rotatable bonds is 0. The molecule has 0 unspecified atom stereocenters. The fraction of sp³-hybridized carbons (Fsp3) is 0.0986. The summed E-state index contributed by atoms with van der Waals surface area (Å²) in [6, 6.07) is 51.5. The molecular weight excluding hydrogens is 1200 g/mol. The molecule has 0 saturated carbocycles. The first-order chi connectivity index (χ1) is 44.4. The van der Waals surface area contributed by atoms with Gasteiger partial charge in [0, 0.05) is 89.7 Å². The van der Waals surface area contributed by atoms with Crippen LogP contribution in [0.5, 0.6) is 0 Å². The van der Waals surface area contributed by atoms with Gasteiger partial charge in [-0.15, -0.1) is 0 Å². The molecule has 8 aromatic carbocycles. The number of benzene rings is 8. The van der Waals surface area contributed by atoms with E-state index in [1.54, 1.807) is 0 Å². The van der Waals surface area contributed by atoms with E-state index in [9.17, 15) is 0 Å². The topological polar surface area (TPSA) is 245 Å². The van der Waals surface area contributed by atoms with E-state index in [4.69, 9.17) is 86.4 Å². The summed E-state index contributed by atoms with van der Waals surface area (Å²) >= 11 is 1.50. The first-order valence-electron chi connectivity index (χ1n) is 29.1. The van der Waals surface area contributed by atoms with Gasteiger partial charge >= 0.3 is 47.5 Å². The standard InChI is InChI=1S/C36H24N8.C35H22N8.2O.2Ti/c1-17-5-9-21-25(13-17)33-37-29(21)42-34-27-15-19(3)7-11-23(27)31(39-34)44-36-28-16-20(4)8-12-24(28)32(40-36)43-35-26-14-18(2)6-10-22(26)30(38-35)41-33;1-17-8-11-22-25(14-17)34-39-30(22)37-28-20-6-4-5-7-21(20)29(36-28)38-33-26-15-18(2)9-12-23(26)31(40-33)42-35-27-16-19(3)10-13-24(27)32(41-34)43-35;;;;/h5-16H,1-4H3;4-16H,1-3H3;;;;/q2*-2;;;2*+2. The Hall–Kier alpha value is -10.5. The molecule has 0 aliphatic carbocycles. The van der Waals surface area contributed by atoms with Gasteiger partial charge in [-0.3, -0.25) is 0 Å². The molecule has 430 valence electrons. The SMILES string of the molecule is Cc1ccc2c(c1)-c1nc-2nc2[n-]c(nc3nc(nc4[n-]c(n1)c1ccc(C)cc41)-c1ccc(C)cc1-3)c1ccc(C)cc21.Cc1ccc2c(c1)-c1nc-2nc2[n-]c(nc3nc(nc4[n-]c(n1)c1ccc(C)cc41)-c1ccccc1-3)c1ccc(C)cc21.[O]=[Ti+2].[O]=[Ti+2]. The number of hydrogen-bond donors (Lipinski definition) is 0. The summed E-state index contributed by atoms with van der Waals surface area (Å²) in [5.41, 5.74) is 19.5. The van der Waals surface area contributed by atoms with Crippen molar-refractivity contribution in [3.05, 3.63) is 191 Å². The van der Waals surface area contributed by atoms with Gasteiger partial charge in [-0.05, 0) is 110 Å². The maximum atomic E-state index is 8.25. The number of nitrogens with zero attached hydrogens (tertiary/aromatic N) is 16. The Balaban J connectivity index is 0.000000144. The molecule has 18 nitrogen and oxygen atoms in total. The van der Waals surface area contributed by atoms with Gasteiger partial charge in [0.05, 0.1) is 46.6 Å². The van der Waals surface area contributed by atoms with Crippen LogP contribution in [-0.4, -0.2) is 59.8 Å². The van der Waals surface area contributed by atoms with E-state index in [1.807, 2.05) is 42.5 Å². The molecule has 16 bridgehead atoms. The zero-order valence-electron chi connectivity index (χ0n) is 49.9. The zero-order valence-corrected chi connectivity index (χ0v) is 53.0. The van der Waals surface area contributed by atoms with Crippen molar-refractivity contribution in [2.24, 2.45) is 0 Å². The van der Waals surface area contributed by atoms with Crippen LogP contribution in [-0.2, 0) is 47.5 Å². The summed E-state index contributed by atoms with van der Waals surface area (Å²) in [7, 11) is 0. The molecule has 4 aliphatic heterocycles. The summed E-state index contributed by atoms with van der Waals surface area (Å²) < 4.78 is 16.5. The van der Waals surface area contributed by atoms with Crippen molar-refractivity contribution >= 4 is 88.3 Å². The van der Waals surface area contributed by atoms with Gasteiger partial charge in [-0.1, -0.05) is 172 Å². The third-order valence-electron chi connectivity index (χ3n) is 16.4. The van der Waals surface area contributed by atoms with E-state index in [0.717, 1.165) is 167 Å². The first kappa shape index (κ1) is 57.0. The van der Waals surface area contributed by atoms with Crippen molar-refractivity contribution in [2.45, 2.75) is 48.5 Å². The van der Waals surface area contributed by atoms with Crippen molar-refractivity contribution in [2.75, 3.05) is 0 Å². The average molecular weight is 1250 g/mol. The molecule has 18 rings (SSSR count). The van der Waals surface area contributed by atoms with E-state index < -0.39 is 0 Å². The summed E-state index contributed by atoms with van der Waals surface area (Å²) in [5, 5.41) is 7.26. The van der Waals surface area contributed by atoms with Gasteiger partial charge in [-0.25, -0.2) is 19.9 Å². The second-order valence-corrected chi connectivity index (χ2v) is 22.9. The quantitative estimate of drug-likeness (QED) is 0.128. The minimum absolute atomic E-state index is 0.555. The fourth-order valence-electron chi connectivity index (χ4n) is 12.1. The van der Waals surface area contributed by atoms with Gasteiger partial charge in [0.25, 0.3) is 0 Å². The second-order valence-electron chi connectivity index (χ2n) is 22.9. The van der Waals surface area contributed by atoms with Crippen LogP contribution in [0, 0.1) is 48.5 Å². The minimum atomic E-state index is 0.555. The Labute approximate surface area is 541 Å². The summed E-state index contributed by atoms with van der Waals surface area (Å²) in [4.78, 5) is 79.9. The van der Waals surface area contributed by atoms with Crippen LogP contribution in [0.15, 0.2) is 152 Å². The third-order valence-corrected chi connectivity index (χ3v) is 16.4. The molecule has 0 N–H and O–H groups in total. The summed E-state index contributed by atoms with van der Waals surface area (Å²) in [6.07, 6.45) is 0. The molecule has 0 amide bonds. The Morgan fingerprint density at radius 2 is 0.396 bits per heavy atom. The molecule has 0 spiro atoms. The van der Waals surface area contributed by atoms with Crippen LogP contribution in [0.4, 0.5) is 0 Å². The third kappa shape index (κ3) is 9.91. The maximum absolute atomic E-state index is 8.25. The summed E-state index contributed by atoms with van der Waals surface area (Å²) in [5.74, 6) is 4.48. The molecule has 4 aliphatic rings. The van der Waals surface area contributed by atoms with E-state index in [2.05, 4.69) is 158 Å². The molecule has 0 radical (unpaired) electrons. The van der Waals surface area contributed by atoms with Crippen molar-refractivity contribution in [1.82, 2.24) is 79.7 Å². The van der Waals surface area contributed by atoms with Gasteiger partial charge < -0.3 is 59.8 Å². The van der Waals surface area contributed by atoms with Crippen LogP contribution in [0.25, 0.3) is 179 Å². The van der Waals surface area contributed by atoms with E-state index >= 15 is 0 Å². The average Bonchev–Trinajstić information content (AvgIpc) is 1.63. The molecule has 6 aromatic heterocycles. The van der Waals surface area contributed by atoms with E-state index in [1.165, 1.54) is 0 Å². The van der Waals surface area contributed by atoms with E-state index in [-0.39, 0.29) is 0 Å². The van der Waals surface area contributed by atoms with Crippen LogP contribution in [0.2, 0.25) is 0 Å². The van der Waals surface area contributed by atoms with Crippen LogP contribution in [0.3, 0.4) is 0 Å². The van der Waals surface area contributed by atoms with Crippen molar-refractivity contribution in [3.63, 3.8) is 0 Å². The molecule has 0 atom stereocenters. The Morgan fingerprint density at radius 3 is 0.637 bits per heavy atom. The first-order valence-corrected chi connectivity index (χ1v) is 30.3. The Morgan fingerprint density at radius 1 is 0.209 bits per heavy atom. The fourth-order valence-corrected chi connectivity index (χ4v) is 12.1. The van der Waals surface area contributed by atoms with E-state index in [0.29, 0.717) is 91.8 Å². The molecule has 10 heterocycles. The number of aryl methyl sites for hydroxylation is 7. The second kappa shape index (κ2) is 22.5. The molecular formula is C71H46N16O2Ti2. The van der Waals surface area contributed by atoms with Gasteiger partial charge in [0.2, 0.25) is 0 Å². The van der Waals surface area contributed by atoms with Crippen LogP contribution in [0.1, 0.15) is 38.9 Å². The predicted molar refractivity (Wildman–Crippen MR) is 343 cm³/mol. The number of aromatic nitrogens is 16. The number of fused-ring (bicyclic) bond motifs is 40. The number of hydrogen-bond acceptors (Lipinski definition) is 14. The van der Waals surface area contributed by atoms with Gasteiger partial charge in [0.15, 0.2) is 0 Å². The van der Waals surface area contributed by atoms with Crippen LogP contribution >= 0.6 is 0 Å². The van der Waals surface area contributed by atoms with Crippen LogP contribution < -0.4 is 19.9 Å². The normalized spacial score (nSPS) is 11.7. The van der Waals surface area contributed by atoms with Crippen molar-refractivity contribution < 1.29 is 47.5 Å². The molecule has 20 heteroatoms. The Bertz CT molecular complexity index is 5640. The van der Waals surface area contributed by atoms with Gasteiger partial charge in [0.1, 0.15) is 0 Å². The molecule has 91 heavy (non-hydrogen) atoms. The zero-order chi connectivity index (χ0) is 62.5. The summed E-state index contributed by atoms with van der Waals surface area (Å²) in [6.45, 7) is 14.4. The molecule has 14 aromatic rings.